The second kappa shape index (κ2) is 5.77. The Hall–Kier alpha value is 0.186. The number of hydrogen-bond acceptors (Lipinski definition) is 1. The summed E-state index contributed by atoms with van der Waals surface area (Å²) in [5.41, 5.74) is -0.883. The molecule has 1 aromatic rings. The quantitative estimate of drug-likeness (QED) is 0.404. The third-order valence-electron chi connectivity index (χ3n) is 0.906. The van der Waals surface area contributed by atoms with Gasteiger partial charge in [0.25, 0.3) is 0 Å². The summed E-state index contributed by atoms with van der Waals surface area (Å²) in [7, 11) is 0. The molecule has 0 saturated heterocycles. The van der Waals surface area contributed by atoms with Crippen LogP contribution in [0, 0.1) is 6.07 Å². The number of pyridine rings is 1. The predicted molar refractivity (Wildman–Crippen MR) is 33.8 cm³/mol. The number of aromatic nitrogens is 1. The Labute approximate surface area is 94.3 Å². The van der Waals surface area contributed by atoms with Gasteiger partial charge in [-0.3, -0.25) is 4.98 Å². The summed E-state index contributed by atoms with van der Waals surface area (Å²) in [5.74, 6) is 0. The summed E-state index contributed by atoms with van der Waals surface area (Å²) in [5, 5.41) is 0. The minimum Gasteiger partial charge on any atom is -1.00 e. The maximum atomic E-state index is 11.7. The van der Waals surface area contributed by atoms with Crippen molar-refractivity contribution in [3.63, 3.8) is 0 Å². The van der Waals surface area contributed by atoms with Crippen LogP contribution in [0.25, 0.3) is 0 Å². The zero-order valence-corrected chi connectivity index (χ0v) is 8.90. The summed E-state index contributed by atoms with van der Waals surface area (Å²) in [6.07, 6.45) is -3.35. The van der Waals surface area contributed by atoms with Crippen LogP contribution in [0.1, 0.15) is 5.69 Å². The Morgan fingerprint density at radius 3 is 2.17 bits per heavy atom. The van der Waals surface area contributed by atoms with Gasteiger partial charge in [0.1, 0.15) is 0 Å². The van der Waals surface area contributed by atoms with Crippen molar-refractivity contribution in [3.8, 4) is 0 Å². The Morgan fingerprint density at radius 1 is 1.33 bits per heavy atom. The van der Waals surface area contributed by atoms with Crippen LogP contribution in [0.2, 0.25) is 0 Å². The molecule has 0 amide bonds. The minimum atomic E-state index is -4.34. The molecule has 0 N–H and O–H groups in total. The van der Waals surface area contributed by atoms with Crippen molar-refractivity contribution >= 4 is 23.1 Å². The van der Waals surface area contributed by atoms with E-state index in [-0.39, 0.29) is 40.0 Å². The monoisotopic (exact) mass is 249 g/mol. The van der Waals surface area contributed by atoms with E-state index in [1.54, 1.807) is 0 Å². The van der Waals surface area contributed by atoms with E-state index in [2.05, 4.69) is 11.1 Å². The van der Waals surface area contributed by atoms with Gasteiger partial charge in [0.15, 0.2) is 0 Å². The van der Waals surface area contributed by atoms with Crippen LogP contribution in [0.15, 0.2) is 18.3 Å². The van der Waals surface area contributed by atoms with Gasteiger partial charge in [-0.1, -0.05) is 6.20 Å². The van der Waals surface area contributed by atoms with E-state index >= 15 is 0 Å². The molecule has 0 bridgehead atoms. The number of alkyl halides is 3. The standard InChI is InChI=1S/C6H3F3N.BrH.Mg/c7-6(8,9)5-3-1-2-4-10-5;;/h1,3-4H;1H;/q-1;;+2/p-1. The van der Waals surface area contributed by atoms with E-state index in [1.165, 1.54) is 6.07 Å². The molecule has 0 saturated carbocycles. The Morgan fingerprint density at radius 2 is 1.92 bits per heavy atom. The fourth-order valence-corrected chi connectivity index (χ4v) is 0.488. The van der Waals surface area contributed by atoms with Gasteiger partial charge in [0, 0.05) is 0 Å². The maximum Gasteiger partial charge on any atom is 2.00 e. The molecule has 12 heavy (non-hydrogen) atoms. The van der Waals surface area contributed by atoms with Crippen molar-refractivity contribution in [3.05, 3.63) is 30.1 Å². The molecule has 0 fully saturated rings. The topological polar surface area (TPSA) is 12.9 Å². The Bertz CT molecular complexity index is 214. The van der Waals surface area contributed by atoms with Crippen molar-refractivity contribution in [1.82, 2.24) is 4.98 Å². The average Bonchev–Trinajstić information content (AvgIpc) is 1.88. The van der Waals surface area contributed by atoms with Gasteiger partial charge in [-0.15, -0.1) is 0 Å². The summed E-state index contributed by atoms with van der Waals surface area (Å²) >= 11 is 0. The molecule has 0 aliphatic rings. The molecule has 0 aromatic carbocycles. The van der Waals surface area contributed by atoms with Crippen LogP contribution < -0.4 is 17.0 Å². The van der Waals surface area contributed by atoms with Crippen LogP contribution >= 0.6 is 0 Å². The number of nitrogens with zero attached hydrogens (tertiary/aromatic N) is 1. The van der Waals surface area contributed by atoms with Crippen LogP contribution in [-0.2, 0) is 6.18 Å². The summed E-state index contributed by atoms with van der Waals surface area (Å²) in [4.78, 5) is 3.07. The van der Waals surface area contributed by atoms with Crippen molar-refractivity contribution < 1.29 is 30.2 Å². The Kier molecular flexibility index (Phi) is 7.06. The third-order valence-corrected chi connectivity index (χ3v) is 0.906. The van der Waals surface area contributed by atoms with Gasteiger partial charge in [-0.05, 0) is 0 Å². The van der Waals surface area contributed by atoms with Crippen molar-refractivity contribution in [2.24, 2.45) is 0 Å². The van der Waals surface area contributed by atoms with Crippen molar-refractivity contribution in [1.29, 1.82) is 0 Å². The van der Waals surface area contributed by atoms with Crippen LogP contribution in [0.5, 0.6) is 0 Å². The molecule has 0 atom stereocenters. The van der Waals surface area contributed by atoms with Gasteiger partial charge < -0.3 is 17.0 Å². The average molecular weight is 250 g/mol. The van der Waals surface area contributed by atoms with Gasteiger partial charge in [-0.2, -0.15) is 19.2 Å². The molecule has 0 radical (unpaired) electrons. The molecular weight excluding hydrogens is 247 g/mol. The first-order valence-electron chi connectivity index (χ1n) is 2.50. The van der Waals surface area contributed by atoms with E-state index in [9.17, 15) is 13.2 Å². The zero-order chi connectivity index (χ0) is 7.61. The van der Waals surface area contributed by atoms with E-state index in [0.29, 0.717) is 0 Å². The molecule has 1 nitrogen and oxygen atoms in total. The van der Waals surface area contributed by atoms with Crippen LogP contribution in [0.3, 0.4) is 0 Å². The van der Waals surface area contributed by atoms with E-state index < -0.39 is 11.9 Å². The molecule has 6 heteroatoms. The molecule has 0 unspecified atom stereocenters. The third kappa shape index (κ3) is 4.27. The van der Waals surface area contributed by atoms with E-state index in [0.717, 1.165) is 12.3 Å². The van der Waals surface area contributed by atoms with Crippen LogP contribution in [-0.4, -0.2) is 28.0 Å². The second-order valence-electron chi connectivity index (χ2n) is 1.64. The van der Waals surface area contributed by atoms with Crippen molar-refractivity contribution in [2.75, 3.05) is 0 Å². The van der Waals surface area contributed by atoms with E-state index in [4.69, 9.17) is 0 Å². The van der Waals surface area contributed by atoms with E-state index in [1.807, 2.05) is 0 Å². The molecule has 0 aliphatic carbocycles. The molecule has 0 spiro atoms. The predicted octanol–water partition coefficient (Wildman–Crippen LogP) is -1.48. The smallest absolute Gasteiger partial charge is 1.00 e. The minimum absolute atomic E-state index is 0. The second-order valence-corrected chi connectivity index (χ2v) is 1.64. The molecule has 62 valence electrons. The van der Waals surface area contributed by atoms with Gasteiger partial charge >= 0.3 is 29.2 Å². The molecule has 1 heterocycles. The van der Waals surface area contributed by atoms with Gasteiger partial charge in [0.2, 0.25) is 0 Å². The molecule has 1 aromatic heterocycles. The maximum absolute atomic E-state index is 11.7. The first-order chi connectivity index (χ1) is 4.61. The largest absolute Gasteiger partial charge is 2.00 e. The normalized spacial score (nSPS) is 9.58. The van der Waals surface area contributed by atoms with Gasteiger partial charge in [-0.25, -0.2) is 12.1 Å². The zero-order valence-electron chi connectivity index (χ0n) is 5.90. The Balaban J connectivity index is 0. The van der Waals surface area contributed by atoms with Gasteiger partial charge in [0.05, 0.1) is 5.69 Å². The number of hydrogen-bond donors (Lipinski definition) is 0. The number of rotatable bonds is 0. The molecule has 0 aliphatic heterocycles. The fourth-order valence-electron chi connectivity index (χ4n) is 0.488. The first-order valence-corrected chi connectivity index (χ1v) is 2.50. The summed E-state index contributed by atoms with van der Waals surface area (Å²) in [6.45, 7) is 0. The molecular formula is C6H3BrF3MgN. The SMILES string of the molecule is FC(F)(F)c1cc[c-]cn1.[Br-].[Mg+2]. The number of halogens is 4. The van der Waals surface area contributed by atoms with Crippen molar-refractivity contribution in [2.45, 2.75) is 6.18 Å². The van der Waals surface area contributed by atoms with Crippen LogP contribution in [0.4, 0.5) is 13.2 Å². The molecule has 1 rings (SSSR count). The summed E-state index contributed by atoms with van der Waals surface area (Å²) < 4.78 is 35.1. The summed E-state index contributed by atoms with van der Waals surface area (Å²) in [6, 6.07) is 4.45. The fraction of sp³-hybridized carbons (Fsp3) is 0.167. The first kappa shape index (κ1) is 14.7.